The van der Waals surface area contributed by atoms with Crippen LogP contribution in [-0.4, -0.2) is 19.2 Å². The van der Waals surface area contributed by atoms with Crippen LogP contribution >= 0.6 is 11.6 Å². The average molecular weight is 298 g/mol. The highest BCUT2D eigenvalue weighted by Gasteiger charge is 2.09. The first kappa shape index (κ1) is 17.3. The van der Waals surface area contributed by atoms with Gasteiger partial charge in [-0.2, -0.15) is 0 Å². The van der Waals surface area contributed by atoms with Gasteiger partial charge in [-0.1, -0.05) is 45.2 Å². The van der Waals surface area contributed by atoms with Crippen molar-refractivity contribution >= 4 is 11.6 Å². The number of hydrogen-bond donors (Lipinski definition) is 1. The molecule has 1 atom stereocenters. The predicted octanol–water partition coefficient (Wildman–Crippen LogP) is 4.91. The first-order valence-corrected chi connectivity index (χ1v) is 8.11. The highest BCUT2D eigenvalue weighted by atomic mass is 35.5. The molecule has 114 valence electrons. The Hall–Kier alpha value is -0.730. The summed E-state index contributed by atoms with van der Waals surface area (Å²) in [5.74, 6) is 1.67. The Morgan fingerprint density at radius 3 is 2.45 bits per heavy atom. The number of hydrogen-bond acceptors (Lipinski definition) is 2. The zero-order chi connectivity index (χ0) is 14.8. The monoisotopic (exact) mass is 297 g/mol. The van der Waals surface area contributed by atoms with Gasteiger partial charge in [0.2, 0.25) is 0 Å². The second kappa shape index (κ2) is 10.1. The molecule has 1 N–H and O–H groups in total. The molecule has 0 spiro atoms. The smallest absolute Gasteiger partial charge is 0.119 e. The summed E-state index contributed by atoms with van der Waals surface area (Å²) in [6, 6.07) is 8.01. The van der Waals surface area contributed by atoms with Crippen LogP contribution in [0.4, 0.5) is 0 Å². The van der Waals surface area contributed by atoms with Crippen molar-refractivity contribution in [2.75, 3.05) is 13.2 Å². The number of ether oxygens (including phenoxy) is 1. The third-order valence-electron chi connectivity index (χ3n) is 3.28. The fraction of sp³-hybridized carbons (Fsp3) is 0.647. The van der Waals surface area contributed by atoms with Gasteiger partial charge in [0.05, 0.1) is 0 Å². The van der Waals surface area contributed by atoms with Crippen molar-refractivity contribution in [2.45, 2.75) is 52.5 Å². The molecule has 2 nitrogen and oxygen atoms in total. The maximum Gasteiger partial charge on any atom is 0.119 e. The van der Waals surface area contributed by atoms with Crippen molar-refractivity contribution < 1.29 is 4.74 Å². The first-order valence-electron chi connectivity index (χ1n) is 7.73. The van der Waals surface area contributed by atoms with Gasteiger partial charge in [0.1, 0.15) is 12.4 Å². The zero-order valence-corrected chi connectivity index (χ0v) is 13.7. The highest BCUT2D eigenvalue weighted by molar-refractivity contribution is 6.30. The maximum absolute atomic E-state index is 5.87. The number of benzene rings is 1. The van der Waals surface area contributed by atoms with Gasteiger partial charge in [-0.25, -0.2) is 0 Å². The lowest BCUT2D eigenvalue weighted by Gasteiger charge is -2.19. The van der Waals surface area contributed by atoms with Crippen LogP contribution in [0.3, 0.4) is 0 Å². The minimum atomic E-state index is 0.435. The quantitative estimate of drug-likeness (QED) is 0.662. The van der Waals surface area contributed by atoms with Crippen LogP contribution < -0.4 is 10.1 Å². The molecular weight excluding hydrogens is 270 g/mol. The Morgan fingerprint density at radius 2 is 1.85 bits per heavy atom. The van der Waals surface area contributed by atoms with Crippen LogP contribution in [-0.2, 0) is 0 Å². The third kappa shape index (κ3) is 7.76. The molecule has 1 rings (SSSR count). The summed E-state index contributed by atoms with van der Waals surface area (Å²) in [6.45, 7) is 8.52. The molecular formula is C17H28ClNO. The molecule has 3 heteroatoms. The summed E-state index contributed by atoms with van der Waals surface area (Å²) in [5, 5.41) is 4.32. The molecule has 0 saturated carbocycles. The highest BCUT2D eigenvalue weighted by Crippen LogP contribution is 2.16. The molecule has 1 aromatic carbocycles. The summed E-state index contributed by atoms with van der Waals surface area (Å²) in [7, 11) is 0. The van der Waals surface area contributed by atoms with Gasteiger partial charge in [0, 0.05) is 11.1 Å². The molecule has 1 aromatic rings. The van der Waals surface area contributed by atoms with Gasteiger partial charge < -0.3 is 10.1 Å². The van der Waals surface area contributed by atoms with E-state index in [1.165, 1.54) is 19.3 Å². The number of nitrogens with one attached hydrogen (secondary N) is 1. The standard InChI is InChI=1S/C17H28ClNO/c1-4-12-19-16(7-5-6-14(2)3)13-20-17-10-8-15(18)9-11-17/h8-11,14,16,19H,4-7,12-13H2,1-3H3. The van der Waals surface area contributed by atoms with E-state index in [1.54, 1.807) is 0 Å². The Labute approximate surface area is 128 Å². The van der Waals surface area contributed by atoms with Crippen LogP contribution in [0.15, 0.2) is 24.3 Å². The van der Waals surface area contributed by atoms with E-state index in [9.17, 15) is 0 Å². The number of halogens is 1. The largest absolute Gasteiger partial charge is 0.492 e. The van der Waals surface area contributed by atoms with E-state index in [-0.39, 0.29) is 0 Å². The van der Waals surface area contributed by atoms with Crippen molar-refractivity contribution in [3.8, 4) is 5.75 Å². The Balaban J connectivity index is 2.36. The minimum Gasteiger partial charge on any atom is -0.492 e. The SMILES string of the molecule is CCCNC(CCCC(C)C)COc1ccc(Cl)cc1. The summed E-state index contributed by atoms with van der Waals surface area (Å²) in [4.78, 5) is 0. The van der Waals surface area contributed by atoms with E-state index in [0.717, 1.165) is 36.3 Å². The van der Waals surface area contributed by atoms with Crippen LogP contribution in [0, 0.1) is 5.92 Å². The molecule has 0 aromatic heterocycles. The minimum absolute atomic E-state index is 0.435. The average Bonchev–Trinajstić information content (AvgIpc) is 2.42. The van der Waals surface area contributed by atoms with Crippen LogP contribution in [0.1, 0.15) is 46.5 Å². The van der Waals surface area contributed by atoms with E-state index >= 15 is 0 Å². The zero-order valence-electron chi connectivity index (χ0n) is 13.0. The fourth-order valence-electron chi connectivity index (χ4n) is 2.09. The number of rotatable bonds is 10. The molecule has 1 unspecified atom stereocenters. The van der Waals surface area contributed by atoms with Gasteiger partial charge >= 0.3 is 0 Å². The molecule has 0 bridgehead atoms. The van der Waals surface area contributed by atoms with Gasteiger partial charge in [0.15, 0.2) is 0 Å². The van der Waals surface area contributed by atoms with Gasteiger partial charge in [-0.3, -0.25) is 0 Å². The van der Waals surface area contributed by atoms with E-state index in [2.05, 4.69) is 26.1 Å². The van der Waals surface area contributed by atoms with Crippen molar-refractivity contribution in [2.24, 2.45) is 5.92 Å². The lowest BCUT2D eigenvalue weighted by molar-refractivity contribution is 0.252. The summed E-state index contributed by atoms with van der Waals surface area (Å²) < 4.78 is 5.86. The molecule has 20 heavy (non-hydrogen) atoms. The molecule has 0 aliphatic rings. The lowest BCUT2D eigenvalue weighted by Crippen LogP contribution is -2.35. The molecule has 0 radical (unpaired) electrons. The maximum atomic E-state index is 5.87. The Morgan fingerprint density at radius 1 is 1.15 bits per heavy atom. The van der Waals surface area contributed by atoms with Gasteiger partial charge in [0.25, 0.3) is 0 Å². The molecule has 0 aliphatic heterocycles. The van der Waals surface area contributed by atoms with Crippen molar-refractivity contribution in [1.29, 1.82) is 0 Å². The molecule has 0 aliphatic carbocycles. The summed E-state index contributed by atoms with van der Waals surface area (Å²) in [6.07, 6.45) is 4.86. The van der Waals surface area contributed by atoms with Gasteiger partial charge in [-0.15, -0.1) is 0 Å². The molecule has 0 fully saturated rings. The molecule has 0 amide bonds. The van der Waals surface area contributed by atoms with Crippen molar-refractivity contribution in [1.82, 2.24) is 5.32 Å². The first-order chi connectivity index (χ1) is 9.61. The second-order valence-corrected chi connectivity index (χ2v) is 6.18. The predicted molar refractivity (Wildman–Crippen MR) is 87.7 cm³/mol. The molecule has 0 saturated heterocycles. The van der Waals surface area contributed by atoms with Crippen molar-refractivity contribution in [3.05, 3.63) is 29.3 Å². The van der Waals surface area contributed by atoms with E-state index in [0.29, 0.717) is 6.04 Å². The third-order valence-corrected chi connectivity index (χ3v) is 3.53. The van der Waals surface area contributed by atoms with Crippen LogP contribution in [0.25, 0.3) is 0 Å². The lowest BCUT2D eigenvalue weighted by atomic mass is 10.0. The fourth-order valence-corrected chi connectivity index (χ4v) is 2.22. The van der Waals surface area contributed by atoms with E-state index in [1.807, 2.05) is 24.3 Å². The summed E-state index contributed by atoms with van der Waals surface area (Å²) >= 11 is 5.87. The summed E-state index contributed by atoms with van der Waals surface area (Å²) in [5.41, 5.74) is 0. The Bertz CT molecular complexity index is 351. The molecule has 0 heterocycles. The second-order valence-electron chi connectivity index (χ2n) is 5.74. The van der Waals surface area contributed by atoms with E-state index in [4.69, 9.17) is 16.3 Å². The normalized spacial score (nSPS) is 12.7. The van der Waals surface area contributed by atoms with Crippen LogP contribution in [0.5, 0.6) is 5.75 Å². The van der Waals surface area contributed by atoms with Crippen molar-refractivity contribution in [3.63, 3.8) is 0 Å². The van der Waals surface area contributed by atoms with Gasteiger partial charge in [-0.05, 0) is 49.6 Å². The van der Waals surface area contributed by atoms with E-state index < -0.39 is 0 Å². The topological polar surface area (TPSA) is 21.3 Å². The Kier molecular flexibility index (Phi) is 8.72. The van der Waals surface area contributed by atoms with Crippen LogP contribution in [0.2, 0.25) is 5.02 Å².